The average molecular weight is 275 g/mol. The zero-order valence-electron chi connectivity index (χ0n) is 10.9. The van der Waals surface area contributed by atoms with Crippen LogP contribution in [0.25, 0.3) is 0 Å². The molecule has 20 heavy (non-hydrogen) atoms. The first-order valence-electron chi connectivity index (χ1n) is 6.34. The van der Waals surface area contributed by atoms with Crippen molar-refractivity contribution in [3.8, 4) is 0 Å². The summed E-state index contributed by atoms with van der Waals surface area (Å²) < 4.78 is 26.2. The summed E-state index contributed by atoms with van der Waals surface area (Å²) in [4.78, 5) is 11.8. The maximum absolute atomic E-state index is 13.4. The molecule has 0 amide bonds. The molecule has 0 heterocycles. The molecule has 0 aliphatic rings. The third-order valence-corrected chi connectivity index (χ3v) is 3.07. The van der Waals surface area contributed by atoms with E-state index in [-0.39, 0.29) is 17.8 Å². The minimum Gasteiger partial charge on any atom is -0.399 e. The zero-order chi connectivity index (χ0) is 14.5. The number of rotatable bonds is 5. The minimum atomic E-state index is -0.675. The number of nitrogen functional groups attached to an aromatic ring is 1. The first-order valence-corrected chi connectivity index (χ1v) is 6.34. The lowest BCUT2D eigenvalue weighted by atomic mass is 10.0. The van der Waals surface area contributed by atoms with Crippen molar-refractivity contribution in [1.29, 1.82) is 0 Å². The number of carbonyl (C=O) groups is 1. The Morgan fingerprint density at radius 2 is 1.75 bits per heavy atom. The Hall–Kier alpha value is -2.23. The second kappa shape index (κ2) is 6.28. The first-order chi connectivity index (χ1) is 9.54. The molecule has 0 atom stereocenters. The molecule has 2 N–H and O–H groups in total. The number of hydrogen-bond acceptors (Lipinski definition) is 2. The number of hydrogen-bond donors (Lipinski definition) is 1. The molecule has 0 spiro atoms. The van der Waals surface area contributed by atoms with E-state index in [1.165, 1.54) is 6.07 Å². The smallest absolute Gasteiger partial charge is 0.137 e. The second-order valence-corrected chi connectivity index (χ2v) is 4.69. The van der Waals surface area contributed by atoms with Crippen LogP contribution in [0.5, 0.6) is 0 Å². The van der Waals surface area contributed by atoms with Gasteiger partial charge in [-0.3, -0.25) is 4.79 Å². The van der Waals surface area contributed by atoms with Crippen LogP contribution >= 0.6 is 0 Å². The average Bonchev–Trinajstić information content (AvgIpc) is 2.41. The van der Waals surface area contributed by atoms with E-state index in [9.17, 15) is 13.6 Å². The summed E-state index contributed by atoms with van der Waals surface area (Å²) in [5, 5.41) is 0. The molecule has 0 saturated carbocycles. The highest BCUT2D eigenvalue weighted by Crippen LogP contribution is 2.13. The molecule has 0 aromatic heterocycles. The molecule has 4 heteroatoms. The van der Waals surface area contributed by atoms with Crippen LogP contribution < -0.4 is 5.73 Å². The van der Waals surface area contributed by atoms with Crippen molar-refractivity contribution < 1.29 is 13.6 Å². The number of aryl methyl sites for hydroxylation is 1. The molecule has 0 saturated heterocycles. The minimum absolute atomic E-state index is 0.0128. The van der Waals surface area contributed by atoms with Crippen LogP contribution in [0.1, 0.15) is 17.5 Å². The lowest BCUT2D eigenvalue weighted by Crippen LogP contribution is -2.06. The second-order valence-electron chi connectivity index (χ2n) is 4.69. The van der Waals surface area contributed by atoms with E-state index in [4.69, 9.17) is 5.73 Å². The van der Waals surface area contributed by atoms with Gasteiger partial charge in [0.05, 0.1) is 0 Å². The molecule has 0 unspecified atom stereocenters. The summed E-state index contributed by atoms with van der Waals surface area (Å²) >= 11 is 0. The standard InChI is InChI=1S/C16H15F2NO/c17-13-5-4-12(16(18)10-13)9-15(20)8-3-11-1-6-14(19)7-2-11/h1-2,4-7,10H,3,8-9,19H2. The number of carbonyl (C=O) groups excluding carboxylic acids is 1. The van der Waals surface area contributed by atoms with Gasteiger partial charge in [-0.15, -0.1) is 0 Å². The summed E-state index contributed by atoms with van der Waals surface area (Å²) in [6.45, 7) is 0. The van der Waals surface area contributed by atoms with Crippen molar-refractivity contribution in [2.75, 3.05) is 5.73 Å². The van der Waals surface area contributed by atoms with Crippen LogP contribution in [0.3, 0.4) is 0 Å². The topological polar surface area (TPSA) is 43.1 Å². The van der Waals surface area contributed by atoms with E-state index in [0.29, 0.717) is 18.5 Å². The first kappa shape index (κ1) is 14.2. The Morgan fingerprint density at radius 1 is 1.05 bits per heavy atom. The molecule has 0 aliphatic carbocycles. The van der Waals surface area contributed by atoms with Crippen LogP contribution in [0.15, 0.2) is 42.5 Å². The number of ketones is 1. The summed E-state index contributed by atoms with van der Waals surface area (Å²) in [6, 6.07) is 10.5. The molecule has 0 fully saturated rings. The fourth-order valence-corrected chi connectivity index (χ4v) is 1.93. The van der Waals surface area contributed by atoms with Gasteiger partial charge >= 0.3 is 0 Å². The molecule has 0 aliphatic heterocycles. The van der Waals surface area contributed by atoms with E-state index in [0.717, 1.165) is 17.7 Å². The number of Topliss-reactive ketones (excluding diaryl/α,β-unsaturated/α-hetero) is 1. The van der Waals surface area contributed by atoms with Gasteiger partial charge in [0.15, 0.2) is 0 Å². The van der Waals surface area contributed by atoms with E-state index in [1.807, 2.05) is 12.1 Å². The van der Waals surface area contributed by atoms with E-state index in [2.05, 4.69) is 0 Å². The Balaban J connectivity index is 1.90. The van der Waals surface area contributed by atoms with Crippen molar-refractivity contribution in [2.24, 2.45) is 0 Å². The highest BCUT2D eigenvalue weighted by molar-refractivity contribution is 5.81. The van der Waals surface area contributed by atoms with Gasteiger partial charge < -0.3 is 5.73 Å². The summed E-state index contributed by atoms with van der Waals surface area (Å²) in [6.07, 6.45) is 0.893. The largest absolute Gasteiger partial charge is 0.399 e. The van der Waals surface area contributed by atoms with Crippen LogP contribution in [0.2, 0.25) is 0 Å². The highest BCUT2D eigenvalue weighted by atomic mass is 19.1. The van der Waals surface area contributed by atoms with Gasteiger partial charge in [0.1, 0.15) is 17.4 Å². The molecule has 104 valence electrons. The molecule has 0 radical (unpaired) electrons. The molecular formula is C16H15F2NO. The van der Waals surface area contributed by atoms with Gasteiger partial charge in [0, 0.05) is 24.6 Å². The zero-order valence-corrected chi connectivity index (χ0v) is 10.9. The SMILES string of the molecule is Nc1ccc(CCC(=O)Cc2ccc(F)cc2F)cc1. The Kier molecular flexibility index (Phi) is 4.45. The summed E-state index contributed by atoms with van der Waals surface area (Å²) in [5.41, 5.74) is 7.49. The van der Waals surface area contributed by atoms with Gasteiger partial charge in [0.25, 0.3) is 0 Å². The molecule has 2 aromatic carbocycles. The third kappa shape index (κ3) is 3.88. The van der Waals surface area contributed by atoms with Crippen molar-refractivity contribution in [2.45, 2.75) is 19.3 Å². The Bertz CT molecular complexity index is 608. The van der Waals surface area contributed by atoms with Gasteiger partial charge in [-0.25, -0.2) is 8.78 Å². The van der Waals surface area contributed by atoms with Gasteiger partial charge in [-0.2, -0.15) is 0 Å². The van der Waals surface area contributed by atoms with Gasteiger partial charge in [-0.05, 0) is 35.7 Å². The number of anilines is 1. The van der Waals surface area contributed by atoms with E-state index >= 15 is 0 Å². The van der Waals surface area contributed by atoms with Crippen LogP contribution in [-0.2, 0) is 17.6 Å². The van der Waals surface area contributed by atoms with Gasteiger partial charge in [-0.1, -0.05) is 18.2 Å². The summed E-state index contributed by atoms with van der Waals surface area (Å²) in [5.74, 6) is -1.39. The molecular weight excluding hydrogens is 260 g/mol. The monoisotopic (exact) mass is 275 g/mol. The maximum atomic E-state index is 13.4. The molecule has 2 rings (SSSR count). The Labute approximate surface area is 116 Å². The predicted molar refractivity (Wildman–Crippen MR) is 74.2 cm³/mol. The van der Waals surface area contributed by atoms with Crippen molar-refractivity contribution in [3.63, 3.8) is 0 Å². The number of nitrogens with two attached hydrogens (primary N) is 1. The number of benzene rings is 2. The lowest BCUT2D eigenvalue weighted by molar-refractivity contribution is -0.118. The van der Waals surface area contributed by atoms with Crippen molar-refractivity contribution in [3.05, 3.63) is 65.2 Å². The molecule has 0 bridgehead atoms. The Morgan fingerprint density at radius 3 is 2.40 bits per heavy atom. The fraction of sp³-hybridized carbons (Fsp3) is 0.188. The number of halogens is 2. The summed E-state index contributed by atoms with van der Waals surface area (Å²) in [7, 11) is 0. The predicted octanol–water partition coefficient (Wildman–Crippen LogP) is 3.29. The van der Waals surface area contributed by atoms with Crippen LogP contribution in [-0.4, -0.2) is 5.78 Å². The van der Waals surface area contributed by atoms with Crippen LogP contribution in [0, 0.1) is 11.6 Å². The highest BCUT2D eigenvalue weighted by Gasteiger charge is 2.09. The third-order valence-electron chi connectivity index (χ3n) is 3.07. The maximum Gasteiger partial charge on any atom is 0.137 e. The molecule has 2 nitrogen and oxygen atoms in total. The molecule has 2 aromatic rings. The quantitative estimate of drug-likeness (QED) is 0.851. The van der Waals surface area contributed by atoms with Crippen molar-refractivity contribution >= 4 is 11.5 Å². The van der Waals surface area contributed by atoms with E-state index in [1.54, 1.807) is 12.1 Å². The fourth-order valence-electron chi connectivity index (χ4n) is 1.93. The normalized spacial score (nSPS) is 10.5. The van der Waals surface area contributed by atoms with E-state index < -0.39 is 11.6 Å². The lowest BCUT2D eigenvalue weighted by Gasteiger charge is -2.04. The van der Waals surface area contributed by atoms with Gasteiger partial charge in [0.2, 0.25) is 0 Å². The van der Waals surface area contributed by atoms with Crippen molar-refractivity contribution in [1.82, 2.24) is 0 Å². The van der Waals surface area contributed by atoms with Crippen LogP contribution in [0.4, 0.5) is 14.5 Å².